The van der Waals surface area contributed by atoms with Gasteiger partial charge < -0.3 is 15.3 Å². The number of hydrogen-bond acceptors (Lipinski definition) is 3. The highest BCUT2D eigenvalue weighted by Crippen LogP contribution is 2.25. The number of carbonyl (C=O) groups excluding carboxylic acids is 1. The normalized spacial score (nSPS) is 25.0. The van der Waals surface area contributed by atoms with E-state index < -0.39 is 17.6 Å². The summed E-state index contributed by atoms with van der Waals surface area (Å²) in [7, 11) is 0. The van der Waals surface area contributed by atoms with Crippen LogP contribution in [0.1, 0.15) is 40.5 Å². The molecule has 1 rings (SSSR count). The van der Waals surface area contributed by atoms with E-state index in [1.807, 2.05) is 13.8 Å². The highest BCUT2D eigenvalue weighted by Gasteiger charge is 2.40. The lowest BCUT2D eigenvalue weighted by atomic mass is 9.90. The van der Waals surface area contributed by atoms with Crippen LogP contribution < -0.4 is 5.32 Å². The summed E-state index contributed by atoms with van der Waals surface area (Å²) in [5, 5.41) is 12.4. The first kappa shape index (κ1) is 15.0. The third kappa shape index (κ3) is 3.22. The molecule has 0 aromatic rings. The Labute approximate surface area is 109 Å². The molecule has 0 bridgehead atoms. The molecule has 1 amide bonds. The Balaban J connectivity index is 2.85. The zero-order valence-electron chi connectivity index (χ0n) is 11.7. The molecular formula is C13H24N2O3. The van der Waals surface area contributed by atoms with E-state index in [0.29, 0.717) is 25.4 Å². The topological polar surface area (TPSA) is 69.6 Å². The van der Waals surface area contributed by atoms with Gasteiger partial charge in [-0.3, -0.25) is 4.79 Å². The van der Waals surface area contributed by atoms with Crippen molar-refractivity contribution < 1.29 is 14.7 Å². The number of likely N-dealkylation sites (N-methyl/N-ethyl adjacent to an activating group) is 1. The second-order valence-electron chi connectivity index (χ2n) is 5.64. The summed E-state index contributed by atoms with van der Waals surface area (Å²) in [4.78, 5) is 25.2. The van der Waals surface area contributed by atoms with Gasteiger partial charge in [-0.25, -0.2) is 4.79 Å². The Morgan fingerprint density at radius 3 is 2.56 bits per heavy atom. The minimum absolute atomic E-state index is 0.122. The first-order chi connectivity index (χ1) is 8.29. The molecule has 2 unspecified atom stereocenters. The summed E-state index contributed by atoms with van der Waals surface area (Å²) in [6.45, 7) is 8.78. The molecule has 0 saturated carbocycles. The largest absolute Gasteiger partial charge is 0.480 e. The Morgan fingerprint density at radius 2 is 2.06 bits per heavy atom. The molecule has 5 nitrogen and oxygen atoms in total. The van der Waals surface area contributed by atoms with Crippen molar-refractivity contribution in [3.8, 4) is 0 Å². The zero-order valence-corrected chi connectivity index (χ0v) is 11.7. The molecule has 1 saturated heterocycles. The van der Waals surface area contributed by atoms with Crippen LogP contribution in [0.3, 0.4) is 0 Å². The van der Waals surface area contributed by atoms with Crippen LogP contribution in [0.2, 0.25) is 0 Å². The lowest BCUT2D eigenvalue weighted by Gasteiger charge is -2.40. The van der Waals surface area contributed by atoms with Gasteiger partial charge in [0.1, 0.15) is 6.04 Å². The molecular weight excluding hydrogens is 232 g/mol. The predicted molar refractivity (Wildman–Crippen MR) is 69.3 cm³/mol. The smallest absolute Gasteiger partial charge is 0.326 e. The van der Waals surface area contributed by atoms with Gasteiger partial charge >= 0.3 is 5.97 Å². The van der Waals surface area contributed by atoms with Crippen LogP contribution in [0.5, 0.6) is 0 Å². The number of piperidine rings is 1. The van der Waals surface area contributed by atoms with Gasteiger partial charge in [0.2, 0.25) is 5.91 Å². The van der Waals surface area contributed by atoms with E-state index in [-0.39, 0.29) is 5.91 Å². The first-order valence-corrected chi connectivity index (χ1v) is 6.58. The molecule has 0 aliphatic carbocycles. The number of carboxylic acid groups (broad SMARTS) is 1. The van der Waals surface area contributed by atoms with Gasteiger partial charge in [0, 0.05) is 6.54 Å². The SMILES string of the molecule is CCNC(C)(C)C(=O)N1CCC(C)CC1C(=O)O. The fourth-order valence-corrected chi connectivity index (χ4v) is 2.50. The van der Waals surface area contributed by atoms with Gasteiger partial charge in [0.05, 0.1) is 5.54 Å². The van der Waals surface area contributed by atoms with Gasteiger partial charge in [-0.2, -0.15) is 0 Å². The third-order valence-electron chi connectivity index (χ3n) is 3.56. The van der Waals surface area contributed by atoms with Crippen LogP contribution in [0, 0.1) is 5.92 Å². The van der Waals surface area contributed by atoms with Crippen LogP contribution in [0.25, 0.3) is 0 Å². The van der Waals surface area contributed by atoms with Crippen LogP contribution in [0.15, 0.2) is 0 Å². The number of likely N-dealkylation sites (tertiary alicyclic amines) is 1. The van der Waals surface area contributed by atoms with Crippen LogP contribution >= 0.6 is 0 Å². The maximum atomic E-state index is 12.4. The van der Waals surface area contributed by atoms with Crippen molar-refractivity contribution in [2.75, 3.05) is 13.1 Å². The first-order valence-electron chi connectivity index (χ1n) is 6.58. The molecule has 1 aliphatic rings. The Kier molecular flexibility index (Phi) is 4.73. The zero-order chi connectivity index (χ0) is 13.9. The third-order valence-corrected chi connectivity index (χ3v) is 3.56. The number of carbonyl (C=O) groups is 2. The van der Waals surface area contributed by atoms with Crippen molar-refractivity contribution in [3.63, 3.8) is 0 Å². The number of hydrogen-bond donors (Lipinski definition) is 2. The number of aliphatic carboxylic acids is 1. The molecule has 1 fully saturated rings. The van der Waals surface area contributed by atoms with E-state index in [1.165, 1.54) is 4.90 Å². The molecule has 0 aromatic carbocycles. The number of nitrogens with zero attached hydrogens (tertiary/aromatic N) is 1. The summed E-state index contributed by atoms with van der Waals surface area (Å²) < 4.78 is 0. The standard InChI is InChI=1S/C13H24N2O3/c1-5-14-13(3,4)12(18)15-7-6-9(2)8-10(15)11(16)17/h9-10,14H,5-8H2,1-4H3,(H,16,17). The summed E-state index contributed by atoms with van der Waals surface area (Å²) in [6.07, 6.45) is 1.42. The second kappa shape index (κ2) is 5.69. The van der Waals surface area contributed by atoms with Crippen LogP contribution in [-0.2, 0) is 9.59 Å². The minimum atomic E-state index is -0.901. The summed E-state index contributed by atoms with van der Waals surface area (Å²) >= 11 is 0. The average Bonchev–Trinajstić information content (AvgIpc) is 2.27. The maximum Gasteiger partial charge on any atom is 0.326 e. The van der Waals surface area contributed by atoms with Crippen molar-refractivity contribution in [3.05, 3.63) is 0 Å². The molecule has 1 aliphatic heterocycles. The predicted octanol–water partition coefficient (Wildman–Crippen LogP) is 1.09. The van der Waals surface area contributed by atoms with E-state index in [1.54, 1.807) is 13.8 Å². The maximum absolute atomic E-state index is 12.4. The number of carboxylic acids is 1. The highest BCUT2D eigenvalue weighted by molar-refractivity contribution is 5.89. The summed E-state index contributed by atoms with van der Waals surface area (Å²) in [6, 6.07) is -0.681. The summed E-state index contributed by atoms with van der Waals surface area (Å²) in [5.41, 5.74) is -0.705. The van der Waals surface area contributed by atoms with E-state index >= 15 is 0 Å². The second-order valence-corrected chi connectivity index (χ2v) is 5.64. The summed E-state index contributed by atoms with van der Waals surface area (Å²) in [5.74, 6) is -0.664. The van der Waals surface area contributed by atoms with Gasteiger partial charge in [0.15, 0.2) is 0 Å². The quantitative estimate of drug-likeness (QED) is 0.790. The fourth-order valence-electron chi connectivity index (χ4n) is 2.50. The molecule has 18 heavy (non-hydrogen) atoms. The molecule has 2 atom stereocenters. The average molecular weight is 256 g/mol. The van der Waals surface area contributed by atoms with Gasteiger partial charge in [-0.15, -0.1) is 0 Å². The molecule has 0 aromatic heterocycles. The van der Waals surface area contributed by atoms with Crippen molar-refractivity contribution in [1.29, 1.82) is 0 Å². The number of nitrogens with one attached hydrogen (secondary N) is 1. The number of rotatable bonds is 4. The lowest BCUT2D eigenvalue weighted by Crippen LogP contribution is -2.60. The molecule has 5 heteroatoms. The van der Waals surface area contributed by atoms with Gasteiger partial charge in [-0.05, 0) is 39.2 Å². The van der Waals surface area contributed by atoms with E-state index in [9.17, 15) is 14.7 Å². The molecule has 2 N–H and O–H groups in total. The molecule has 0 spiro atoms. The molecule has 0 radical (unpaired) electrons. The minimum Gasteiger partial charge on any atom is -0.480 e. The van der Waals surface area contributed by atoms with E-state index in [4.69, 9.17) is 0 Å². The van der Waals surface area contributed by atoms with Crippen molar-refractivity contribution in [2.45, 2.75) is 52.1 Å². The monoisotopic (exact) mass is 256 g/mol. The number of amides is 1. The van der Waals surface area contributed by atoms with Crippen molar-refractivity contribution in [1.82, 2.24) is 10.2 Å². The van der Waals surface area contributed by atoms with Crippen molar-refractivity contribution in [2.24, 2.45) is 5.92 Å². The highest BCUT2D eigenvalue weighted by atomic mass is 16.4. The van der Waals surface area contributed by atoms with Crippen LogP contribution in [-0.4, -0.2) is 46.6 Å². The van der Waals surface area contributed by atoms with E-state index in [2.05, 4.69) is 5.32 Å². The molecule has 1 heterocycles. The lowest BCUT2D eigenvalue weighted by molar-refractivity contribution is -0.155. The van der Waals surface area contributed by atoms with Crippen LogP contribution in [0.4, 0.5) is 0 Å². The Hall–Kier alpha value is -1.10. The van der Waals surface area contributed by atoms with Crippen molar-refractivity contribution >= 4 is 11.9 Å². The van der Waals surface area contributed by atoms with Gasteiger partial charge in [0.25, 0.3) is 0 Å². The molecule has 104 valence electrons. The fraction of sp³-hybridized carbons (Fsp3) is 0.846. The van der Waals surface area contributed by atoms with E-state index in [0.717, 1.165) is 6.42 Å². The Morgan fingerprint density at radius 1 is 1.44 bits per heavy atom. The van der Waals surface area contributed by atoms with Gasteiger partial charge in [-0.1, -0.05) is 13.8 Å². The Bertz CT molecular complexity index is 328.